The SMILES string of the molecule is CCc1nn(CCC(F)(F)F)c(CC)c1C(=O)C(F)(F)F. The number of carbonyl (C=O) groups excluding carboxylic acids is 1. The summed E-state index contributed by atoms with van der Waals surface area (Å²) in [5, 5.41) is 3.73. The topological polar surface area (TPSA) is 34.9 Å². The molecule has 1 aromatic heterocycles. The first-order valence-electron chi connectivity index (χ1n) is 6.28. The fourth-order valence-electron chi connectivity index (χ4n) is 1.98. The van der Waals surface area contributed by atoms with Crippen molar-refractivity contribution in [3.63, 3.8) is 0 Å². The Kier molecular flexibility index (Phi) is 5.06. The summed E-state index contributed by atoms with van der Waals surface area (Å²) in [6, 6.07) is 0. The number of alkyl halides is 6. The Morgan fingerprint density at radius 2 is 1.67 bits per heavy atom. The molecule has 1 aromatic rings. The first kappa shape index (κ1) is 17.5. The van der Waals surface area contributed by atoms with E-state index in [-0.39, 0.29) is 24.2 Å². The normalized spacial score (nSPS) is 12.8. The molecule has 0 unspecified atom stereocenters. The summed E-state index contributed by atoms with van der Waals surface area (Å²) < 4.78 is 75.3. The Bertz CT molecular complexity index is 515. The molecule has 0 N–H and O–H groups in total. The first-order chi connectivity index (χ1) is 9.51. The number of hydrogen-bond donors (Lipinski definition) is 0. The quantitative estimate of drug-likeness (QED) is 0.613. The number of halogens is 6. The van der Waals surface area contributed by atoms with Gasteiger partial charge in [-0.1, -0.05) is 13.8 Å². The lowest BCUT2D eigenvalue weighted by molar-refractivity contribution is -0.137. The average Bonchev–Trinajstić information content (AvgIpc) is 2.70. The van der Waals surface area contributed by atoms with Crippen molar-refractivity contribution in [2.45, 2.75) is 52.0 Å². The zero-order valence-electron chi connectivity index (χ0n) is 11.4. The molecule has 0 atom stereocenters. The summed E-state index contributed by atoms with van der Waals surface area (Å²) in [6.07, 6.45) is -10.7. The predicted molar refractivity (Wildman–Crippen MR) is 62.0 cm³/mol. The summed E-state index contributed by atoms with van der Waals surface area (Å²) in [5.74, 6) is -2.06. The van der Waals surface area contributed by atoms with E-state index in [9.17, 15) is 31.1 Å². The molecule has 0 aliphatic heterocycles. The van der Waals surface area contributed by atoms with Gasteiger partial charge in [-0.25, -0.2) is 0 Å². The largest absolute Gasteiger partial charge is 0.455 e. The van der Waals surface area contributed by atoms with Crippen LogP contribution in [0.3, 0.4) is 0 Å². The number of nitrogens with zero attached hydrogens (tertiary/aromatic N) is 2. The number of aromatic nitrogens is 2. The minimum Gasteiger partial charge on any atom is -0.284 e. The molecular weight excluding hydrogens is 302 g/mol. The summed E-state index contributed by atoms with van der Waals surface area (Å²) in [5.41, 5.74) is -0.857. The number of hydrogen-bond acceptors (Lipinski definition) is 2. The van der Waals surface area contributed by atoms with E-state index in [2.05, 4.69) is 5.10 Å². The minimum absolute atomic E-state index is 0.0119. The van der Waals surface area contributed by atoms with E-state index in [1.807, 2.05) is 0 Å². The van der Waals surface area contributed by atoms with Crippen LogP contribution in [0.2, 0.25) is 0 Å². The molecule has 21 heavy (non-hydrogen) atoms. The van der Waals surface area contributed by atoms with Gasteiger partial charge in [-0.15, -0.1) is 0 Å². The molecule has 0 amide bonds. The van der Waals surface area contributed by atoms with Gasteiger partial charge in [-0.05, 0) is 12.8 Å². The van der Waals surface area contributed by atoms with Crippen LogP contribution in [0, 0.1) is 0 Å². The number of rotatable bonds is 5. The summed E-state index contributed by atoms with van der Waals surface area (Å²) >= 11 is 0. The Morgan fingerprint density at radius 1 is 1.10 bits per heavy atom. The molecule has 3 nitrogen and oxygen atoms in total. The molecule has 1 heterocycles. The molecule has 9 heteroatoms. The number of Topliss-reactive ketones (excluding diaryl/α,β-unsaturated/α-hetero) is 1. The monoisotopic (exact) mass is 316 g/mol. The second-order valence-electron chi connectivity index (χ2n) is 4.39. The van der Waals surface area contributed by atoms with Crippen LogP contribution < -0.4 is 0 Å². The van der Waals surface area contributed by atoms with E-state index in [1.165, 1.54) is 13.8 Å². The third kappa shape index (κ3) is 4.21. The van der Waals surface area contributed by atoms with Gasteiger partial charge in [0.05, 0.1) is 17.7 Å². The predicted octanol–water partition coefficient (Wildman–Crippen LogP) is 3.71. The van der Waals surface area contributed by atoms with Crippen LogP contribution in [0.1, 0.15) is 42.0 Å². The molecule has 120 valence electrons. The van der Waals surface area contributed by atoms with Crippen LogP contribution in [0.5, 0.6) is 0 Å². The Labute approximate surface area is 116 Å². The minimum atomic E-state index is -5.08. The summed E-state index contributed by atoms with van der Waals surface area (Å²) in [6.45, 7) is 2.35. The van der Waals surface area contributed by atoms with Crippen LogP contribution >= 0.6 is 0 Å². The molecule has 0 fully saturated rings. The second-order valence-corrected chi connectivity index (χ2v) is 4.39. The van der Waals surface area contributed by atoms with Crippen LogP contribution in [-0.2, 0) is 19.4 Å². The Morgan fingerprint density at radius 3 is 2.05 bits per heavy atom. The van der Waals surface area contributed by atoms with Crippen molar-refractivity contribution in [1.29, 1.82) is 0 Å². The molecule has 0 saturated carbocycles. The second kappa shape index (κ2) is 6.07. The van der Waals surface area contributed by atoms with Gasteiger partial charge in [-0.3, -0.25) is 9.48 Å². The molecular formula is C12H14F6N2O. The third-order valence-electron chi connectivity index (χ3n) is 2.89. The molecule has 0 saturated heterocycles. The van der Waals surface area contributed by atoms with Gasteiger partial charge >= 0.3 is 12.4 Å². The standard InChI is InChI=1S/C12H14F6N2O/c1-3-7-9(10(21)12(16,17)18)8(4-2)20(19-7)6-5-11(13,14)15/h3-6H2,1-2H3. The van der Waals surface area contributed by atoms with E-state index < -0.39 is 36.7 Å². The van der Waals surface area contributed by atoms with Gasteiger partial charge in [-0.2, -0.15) is 31.4 Å². The van der Waals surface area contributed by atoms with Crippen molar-refractivity contribution in [1.82, 2.24) is 9.78 Å². The highest BCUT2D eigenvalue weighted by atomic mass is 19.4. The highest BCUT2D eigenvalue weighted by Gasteiger charge is 2.43. The van der Waals surface area contributed by atoms with Crippen molar-refractivity contribution < 1.29 is 31.1 Å². The van der Waals surface area contributed by atoms with Crippen molar-refractivity contribution in [2.24, 2.45) is 0 Å². The van der Waals surface area contributed by atoms with Crippen LogP contribution in [0.25, 0.3) is 0 Å². The highest BCUT2D eigenvalue weighted by molar-refractivity contribution is 6.02. The lowest BCUT2D eigenvalue weighted by Gasteiger charge is -2.10. The smallest absolute Gasteiger partial charge is 0.284 e. The molecule has 0 radical (unpaired) electrons. The zero-order chi connectivity index (χ0) is 16.4. The van der Waals surface area contributed by atoms with Crippen LogP contribution in [0.4, 0.5) is 26.3 Å². The molecule has 0 aliphatic rings. The number of ketones is 1. The Hall–Kier alpha value is -1.54. The van der Waals surface area contributed by atoms with E-state index >= 15 is 0 Å². The lowest BCUT2D eigenvalue weighted by atomic mass is 10.0. The number of aryl methyl sites for hydroxylation is 2. The van der Waals surface area contributed by atoms with Crippen molar-refractivity contribution in [2.75, 3.05) is 0 Å². The molecule has 1 rings (SSSR count). The van der Waals surface area contributed by atoms with Crippen molar-refractivity contribution in [3.05, 3.63) is 17.0 Å². The lowest BCUT2D eigenvalue weighted by Crippen LogP contribution is -2.25. The van der Waals surface area contributed by atoms with E-state index in [0.29, 0.717) is 0 Å². The van der Waals surface area contributed by atoms with Crippen molar-refractivity contribution in [3.8, 4) is 0 Å². The van der Waals surface area contributed by atoms with Crippen LogP contribution in [0.15, 0.2) is 0 Å². The fourth-order valence-corrected chi connectivity index (χ4v) is 1.98. The summed E-state index contributed by atoms with van der Waals surface area (Å²) in [4.78, 5) is 11.4. The van der Waals surface area contributed by atoms with E-state index in [1.54, 1.807) is 0 Å². The molecule has 0 aromatic carbocycles. The maximum absolute atomic E-state index is 12.6. The maximum atomic E-state index is 12.6. The van der Waals surface area contributed by atoms with E-state index in [0.717, 1.165) is 4.68 Å². The van der Waals surface area contributed by atoms with Gasteiger partial charge < -0.3 is 0 Å². The van der Waals surface area contributed by atoms with Gasteiger partial charge in [0, 0.05) is 12.2 Å². The maximum Gasteiger partial charge on any atom is 0.455 e. The Balaban J connectivity index is 3.25. The average molecular weight is 316 g/mol. The van der Waals surface area contributed by atoms with Crippen LogP contribution in [-0.4, -0.2) is 27.9 Å². The molecule has 0 aliphatic carbocycles. The highest BCUT2D eigenvalue weighted by Crippen LogP contribution is 2.28. The fraction of sp³-hybridized carbons (Fsp3) is 0.667. The van der Waals surface area contributed by atoms with Gasteiger partial charge in [0.15, 0.2) is 0 Å². The zero-order valence-corrected chi connectivity index (χ0v) is 11.4. The molecule has 0 bridgehead atoms. The van der Waals surface area contributed by atoms with Crippen molar-refractivity contribution >= 4 is 5.78 Å². The third-order valence-corrected chi connectivity index (χ3v) is 2.89. The van der Waals surface area contributed by atoms with Gasteiger partial charge in [0.2, 0.25) is 0 Å². The van der Waals surface area contributed by atoms with Gasteiger partial charge in [0.1, 0.15) is 0 Å². The van der Waals surface area contributed by atoms with E-state index in [4.69, 9.17) is 0 Å². The summed E-state index contributed by atoms with van der Waals surface area (Å²) in [7, 11) is 0. The first-order valence-corrected chi connectivity index (χ1v) is 6.28. The number of carbonyl (C=O) groups is 1. The van der Waals surface area contributed by atoms with Gasteiger partial charge in [0.25, 0.3) is 5.78 Å². The molecule has 0 spiro atoms.